The highest BCUT2D eigenvalue weighted by atomic mass is 32.2. The predicted molar refractivity (Wildman–Crippen MR) is 104 cm³/mol. The number of carbonyl (C=O) groups is 1. The van der Waals surface area contributed by atoms with Gasteiger partial charge in [-0.3, -0.25) is 14.2 Å². The van der Waals surface area contributed by atoms with Crippen molar-refractivity contribution in [2.24, 2.45) is 0 Å². The Labute approximate surface area is 160 Å². The van der Waals surface area contributed by atoms with Crippen molar-refractivity contribution in [1.29, 1.82) is 0 Å². The van der Waals surface area contributed by atoms with Gasteiger partial charge in [-0.2, -0.15) is 0 Å². The molecule has 0 unspecified atom stereocenters. The van der Waals surface area contributed by atoms with Crippen LogP contribution < -0.4 is 5.56 Å². The number of nitrogens with zero attached hydrogens (tertiary/aromatic N) is 2. The lowest BCUT2D eigenvalue weighted by Crippen LogP contribution is -2.26. The maximum absolute atomic E-state index is 13.1. The van der Waals surface area contributed by atoms with Crippen molar-refractivity contribution in [1.82, 2.24) is 9.55 Å². The summed E-state index contributed by atoms with van der Waals surface area (Å²) in [7, 11) is 1.56. The van der Waals surface area contributed by atoms with Crippen LogP contribution in [0.15, 0.2) is 58.5 Å². The molecule has 7 heteroatoms. The maximum atomic E-state index is 13.1. The zero-order valence-electron chi connectivity index (χ0n) is 15.0. The molecule has 3 rings (SSSR count). The summed E-state index contributed by atoms with van der Waals surface area (Å²) in [6.45, 7) is 2.44. The van der Waals surface area contributed by atoms with Crippen LogP contribution in [0.3, 0.4) is 0 Å². The SMILES string of the molecule is COCCn1c(S[C@H](C)C(=O)c2ccc(F)cc2)nc2ccccc2c1=O. The van der Waals surface area contributed by atoms with Gasteiger partial charge in [-0.15, -0.1) is 0 Å². The van der Waals surface area contributed by atoms with Crippen molar-refractivity contribution in [3.8, 4) is 0 Å². The highest BCUT2D eigenvalue weighted by Gasteiger charge is 2.20. The summed E-state index contributed by atoms with van der Waals surface area (Å²) in [4.78, 5) is 30.1. The number of methoxy groups -OCH3 is 1. The van der Waals surface area contributed by atoms with Gasteiger partial charge in [-0.05, 0) is 43.3 Å². The molecule has 0 saturated carbocycles. The maximum Gasteiger partial charge on any atom is 0.262 e. The van der Waals surface area contributed by atoms with Crippen LogP contribution in [0.5, 0.6) is 0 Å². The van der Waals surface area contributed by atoms with E-state index in [2.05, 4.69) is 4.98 Å². The summed E-state index contributed by atoms with van der Waals surface area (Å²) in [6, 6.07) is 12.5. The average Bonchev–Trinajstić information content (AvgIpc) is 2.68. The first-order chi connectivity index (χ1) is 13.0. The summed E-state index contributed by atoms with van der Waals surface area (Å²) in [6.07, 6.45) is 0. The van der Waals surface area contributed by atoms with Gasteiger partial charge in [0.15, 0.2) is 10.9 Å². The van der Waals surface area contributed by atoms with Gasteiger partial charge < -0.3 is 4.74 Å². The quantitative estimate of drug-likeness (QED) is 0.353. The summed E-state index contributed by atoms with van der Waals surface area (Å²) in [5.74, 6) is -0.544. The average molecular weight is 386 g/mol. The number of fused-ring (bicyclic) bond motifs is 1. The van der Waals surface area contributed by atoms with E-state index in [9.17, 15) is 14.0 Å². The van der Waals surface area contributed by atoms with E-state index in [0.717, 1.165) is 0 Å². The zero-order valence-corrected chi connectivity index (χ0v) is 15.8. The van der Waals surface area contributed by atoms with Gasteiger partial charge in [-0.1, -0.05) is 23.9 Å². The molecule has 1 aromatic heterocycles. The van der Waals surface area contributed by atoms with Gasteiger partial charge in [0.1, 0.15) is 5.82 Å². The first-order valence-electron chi connectivity index (χ1n) is 8.46. The molecule has 0 spiro atoms. The summed E-state index contributed by atoms with van der Waals surface area (Å²) in [5, 5.41) is 0.492. The first-order valence-corrected chi connectivity index (χ1v) is 9.34. The van der Waals surface area contributed by atoms with Crippen molar-refractivity contribution in [3.63, 3.8) is 0 Å². The highest BCUT2D eigenvalue weighted by molar-refractivity contribution is 8.00. The Morgan fingerprint density at radius 2 is 1.93 bits per heavy atom. The Balaban J connectivity index is 1.95. The van der Waals surface area contributed by atoms with Gasteiger partial charge in [0.05, 0.1) is 29.3 Å². The number of carbonyl (C=O) groups excluding carboxylic acids is 1. The fraction of sp³-hybridized carbons (Fsp3) is 0.250. The third-order valence-corrected chi connectivity index (χ3v) is 5.22. The number of ketones is 1. The van der Waals surface area contributed by atoms with Gasteiger partial charge in [-0.25, -0.2) is 9.37 Å². The van der Waals surface area contributed by atoms with E-state index in [1.165, 1.54) is 40.6 Å². The van der Waals surface area contributed by atoms with E-state index in [1.807, 2.05) is 6.07 Å². The lowest BCUT2D eigenvalue weighted by atomic mass is 10.1. The van der Waals surface area contributed by atoms with Crippen LogP contribution in [0, 0.1) is 5.82 Å². The molecular weight excluding hydrogens is 367 g/mol. The van der Waals surface area contributed by atoms with Gasteiger partial charge in [0.2, 0.25) is 0 Å². The molecule has 0 N–H and O–H groups in total. The molecule has 2 aromatic carbocycles. The molecule has 0 amide bonds. The van der Waals surface area contributed by atoms with Gasteiger partial charge >= 0.3 is 0 Å². The van der Waals surface area contributed by atoms with Crippen LogP contribution in [0.25, 0.3) is 10.9 Å². The number of halogens is 1. The van der Waals surface area contributed by atoms with E-state index in [-0.39, 0.29) is 11.3 Å². The molecule has 0 aliphatic rings. The first kappa shape index (κ1) is 19.3. The number of hydrogen-bond acceptors (Lipinski definition) is 5. The predicted octanol–water partition coefficient (Wildman–Crippen LogP) is 3.55. The molecule has 0 bridgehead atoms. The van der Waals surface area contributed by atoms with Crippen molar-refractivity contribution in [2.45, 2.75) is 23.9 Å². The molecule has 0 saturated heterocycles. The summed E-state index contributed by atoms with van der Waals surface area (Å²) in [5.41, 5.74) is 0.838. The van der Waals surface area contributed by atoms with E-state index < -0.39 is 11.1 Å². The summed E-state index contributed by atoms with van der Waals surface area (Å²) < 4.78 is 19.7. The number of aromatic nitrogens is 2. The molecule has 3 aromatic rings. The van der Waals surface area contributed by atoms with E-state index in [1.54, 1.807) is 32.2 Å². The molecule has 140 valence electrons. The van der Waals surface area contributed by atoms with Crippen molar-refractivity contribution < 1.29 is 13.9 Å². The molecule has 1 atom stereocenters. The number of Topliss-reactive ketones (excluding diaryl/α,β-unsaturated/α-hetero) is 1. The second kappa shape index (κ2) is 8.45. The third kappa shape index (κ3) is 4.26. The minimum absolute atomic E-state index is 0.152. The zero-order chi connectivity index (χ0) is 19.4. The Hall–Kier alpha value is -2.51. The second-order valence-corrected chi connectivity index (χ2v) is 7.30. The Bertz CT molecular complexity index is 1020. The van der Waals surface area contributed by atoms with E-state index in [4.69, 9.17) is 4.74 Å². The van der Waals surface area contributed by atoms with Crippen molar-refractivity contribution >= 4 is 28.4 Å². The van der Waals surface area contributed by atoms with Crippen LogP contribution in [0.2, 0.25) is 0 Å². The van der Waals surface area contributed by atoms with Crippen LogP contribution in [0.4, 0.5) is 4.39 Å². The minimum atomic E-state index is -0.489. The van der Waals surface area contributed by atoms with Crippen molar-refractivity contribution in [3.05, 3.63) is 70.3 Å². The lowest BCUT2D eigenvalue weighted by Gasteiger charge is -2.15. The van der Waals surface area contributed by atoms with Crippen LogP contribution >= 0.6 is 11.8 Å². The number of hydrogen-bond donors (Lipinski definition) is 0. The molecule has 0 fully saturated rings. The Kier molecular flexibility index (Phi) is 6.03. The number of ether oxygens (including phenoxy) is 1. The molecule has 1 heterocycles. The number of para-hydroxylation sites is 1. The second-order valence-electron chi connectivity index (χ2n) is 5.99. The topological polar surface area (TPSA) is 61.2 Å². The Morgan fingerprint density at radius 3 is 2.63 bits per heavy atom. The molecule has 0 aliphatic carbocycles. The monoisotopic (exact) mass is 386 g/mol. The van der Waals surface area contributed by atoms with Gasteiger partial charge in [0.25, 0.3) is 5.56 Å². The van der Waals surface area contributed by atoms with E-state index in [0.29, 0.717) is 34.8 Å². The van der Waals surface area contributed by atoms with Crippen LogP contribution in [-0.2, 0) is 11.3 Å². The largest absolute Gasteiger partial charge is 0.383 e. The molecular formula is C20H19FN2O3S. The number of rotatable bonds is 7. The number of thioether (sulfide) groups is 1. The number of benzene rings is 2. The molecule has 0 aliphatic heterocycles. The third-order valence-electron chi connectivity index (χ3n) is 4.13. The lowest BCUT2D eigenvalue weighted by molar-refractivity contribution is 0.0993. The fourth-order valence-electron chi connectivity index (χ4n) is 2.68. The highest BCUT2D eigenvalue weighted by Crippen LogP contribution is 2.25. The smallest absolute Gasteiger partial charge is 0.262 e. The standard InChI is InChI=1S/C20H19FN2O3S/c1-13(18(24)14-7-9-15(21)10-8-14)27-20-22-17-6-4-3-5-16(17)19(25)23(20)11-12-26-2/h3-10,13H,11-12H2,1-2H3/t13-/m1/s1. The summed E-state index contributed by atoms with van der Waals surface area (Å²) >= 11 is 1.21. The van der Waals surface area contributed by atoms with E-state index >= 15 is 0 Å². The molecule has 0 radical (unpaired) electrons. The molecule has 27 heavy (non-hydrogen) atoms. The van der Waals surface area contributed by atoms with Gasteiger partial charge in [0, 0.05) is 12.7 Å². The Morgan fingerprint density at radius 1 is 1.22 bits per heavy atom. The fourth-order valence-corrected chi connectivity index (χ4v) is 3.69. The normalized spacial score (nSPS) is 12.3. The molecule has 5 nitrogen and oxygen atoms in total. The van der Waals surface area contributed by atoms with Crippen molar-refractivity contribution in [2.75, 3.05) is 13.7 Å². The minimum Gasteiger partial charge on any atom is -0.383 e. The van der Waals surface area contributed by atoms with Crippen LogP contribution in [-0.4, -0.2) is 34.3 Å². The van der Waals surface area contributed by atoms with Crippen LogP contribution in [0.1, 0.15) is 17.3 Å².